The minimum absolute atomic E-state index is 0.601. The summed E-state index contributed by atoms with van der Waals surface area (Å²) in [6.07, 6.45) is 10.5. The van der Waals surface area contributed by atoms with Gasteiger partial charge in [-0.1, -0.05) is 17.7 Å². The molecule has 1 heteroatoms. The van der Waals surface area contributed by atoms with E-state index in [2.05, 4.69) is 24.3 Å². The number of fused-ring (bicyclic) bond motifs is 4. The molecule has 0 saturated heterocycles. The Morgan fingerprint density at radius 3 is 2.89 bits per heavy atom. The second kappa shape index (κ2) is 3.63. The molecule has 0 heterocycles. The van der Waals surface area contributed by atoms with Gasteiger partial charge in [0.1, 0.15) is 5.75 Å². The monoisotopic (exact) mass is 240 g/mol. The molecule has 0 aliphatic heterocycles. The lowest BCUT2D eigenvalue weighted by atomic mass is 9.64. The molecule has 1 saturated carbocycles. The van der Waals surface area contributed by atoms with Gasteiger partial charge in [-0.15, -0.1) is 0 Å². The highest BCUT2D eigenvalue weighted by Gasteiger charge is 2.48. The zero-order valence-corrected chi connectivity index (χ0v) is 11.0. The van der Waals surface area contributed by atoms with Gasteiger partial charge in [-0.05, 0) is 73.1 Å². The van der Waals surface area contributed by atoms with E-state index >= 15 is 0 Å². The number of ether oxygens (including phenoxy) is 1. The van der Waals surface area contributed by atoms with E-state index in [1.54, 1.807) is 23.8 Å². The Hall–Kier alpha value is -1.24. The van der Waals surface area contributed by atoms with Crippen LogP contribution >= 0.6 is 0 Å². The van der Waals surface area contributed by atoms with E-state index in [0.29, 0.717) is 5.41 Å². The van der Waals surface area contributed by atoms with Crippen molar-refractivity contribution in [3.05, 3.63) is 41.0 Å². The molecule has 3 aliphatic rings. The lowest BCUT2D eigenvalue weighted by Gasteiger charge is -2.40. The highest BCUT2D eigenvalue weighted by atomic mass is 16.5. The van der Waals surface area contributed by atoms with Gasteiger partial charge in [-0.3, -0.25) is 0 Å². The predicted octanol–water partition coefficient (Wildman–Crippen LogP) is 3.91. The van der Waals surface area contributed by atoms with Crippen molar-refractivity contribution in [1.29, 1.82) is 0 Å². The third kappa shape index (κ3) is 1.39. The second-order valence-electron chi connectivity index (χ2n) is 6.35. The van der Waals surface area contributed by atoms with Gasteiger partial charge >= 0.3 is 0 Å². The Kier molecular flexibility index (Phi) is 2.15. The first-order chi connectivity index (χ1) is 8.79. The van der Waals surface area contributed by atoms with E-state index < -0.39 is 0 Å². The molecule has 0 N–H and O–H groups in total. The lowest BCUT2D eigenvalue weighted by Crippen LogP contribution is -2.33. The number of rotatable bonds is 1. The first-order valence-electron chi connectivity index (χ1n) is 7.13. The minimum Gasteiger partial charge on any atom is -0.497 e. The molecule has 1 aromatic carbocycles. The van der Waals surface area contributed by atoms with Crippen LogP contribution in [-0.4, -0.2) is 7.11 Å². The van der Waals surface area contributed by atoms with Crippen LogP contribution in [0.25, 0.3) is 0 Å². The summed E-state index contributed by atoms with van der Waals surface area (Å²) in [4.78, 5) is 0. The topological polar surface area (TPSA) is 9.23 Å². The fraction of sp³-hybridized carbons (Fsp3) is 0.529. The molecular formula is C17H20O. The van der Waals surface area contributed by atoms with Crippen LogP contribution in [0.2, 0.25) is 0 Å². The van der Waals surface area contributed by atoms with Crippen LogP contribution in [0.5, 0.6) is 5.75 Å². The van der Waals surface area contributed by atoms with E-state index in [-0.39, 0.29) is 0 Å². The molecule has 0 radical (unpaired) electrons. The van der Waals surface area contributed by atoms with Crippen LogP contribution in [0.15, 0.2) is 29.8 Å². The Bertz CT molecular complexity index is 528. The van der Waals surface area contributed by atoms with Crippen molar-refractivity contribution >= 4 is 0 Å². The standard InChI is InChI=1S/C17H20O/c1-18-16-5-3-13-6-7-17(11-14(13)9-16)10-12-2-4-15(17)8-12/h2-3,5,9,15H,4,6-8,10-11H2,1H3. The van der Waals surface area contributed by atoms with Crippen molar-refractivity contribution in [3.63, 3.8) is 0 Å². The SMILES string of the molecule is COc1ccc2c(c1)CC1(CC2)CC2=CCC1C2. The van der Waals surface area contributed by atoms with Gasteiger partial charge in [0.2, 0.25) is 0 Å². The molecule has 0 aromatic heterocycles. The van der Waals surface area contributed by atoms with Crippen molar-refractivity contribution in [2.75, 3.05) is 7.11 Å². The van der Waals surface area contributed by atoms with Crippen LogP contribution in [-0.2, 0) is 12.8 Å². The Morgan fingerprint density at radius 2 is 2.17 bits per heavy atom. The average molecular weight is 240 g/mol. The van der Waals surface area contributed by atoms with Gasteiger partial charge in [0.15, 0.2) is 0 Å². The zero-order chi connectivity index (χ0) is 12.2. The molecule has 1 aromatic rings. The van der Waals surface area contributed by atoms with Crippen molar-refractivity contribution in [3.8, 4) is 5.75 Å². The molecular weight excluding hydrogens is 220 g/mol. The van der Waals surface area contributed by atoms with Crippen LogP contribution in [0.3, 0.4) is 0 Å². The number of aryl methyl sites for hydroxylation is 1. The van der Waals surface area contributed by atoms with Crippen LogP contribution in [0.4, 0.5) is 0 Å². The van der Waals surface area contributed by atoms with E-state index in [1.807, 2.05) is 0 Å². The maximum atomic E-state index is 5.38. The van der Waals surface area contributed by atoms with Gasteiger partial charge in [-0.25, -0.2) is 0 Å². The Balaban J connectivity index is 1.70. The first-order valence-corrected chi connectivity index (χ1v) is 7.13. The van der Waals surface area contributed by atoms with Crippen LogP contribution in [0.1, 0.15) is 36.8 Å². The van der Waals surface area contributed by atoms with Gasteiger partial charge in [0, 0.05) is 0 Å². The zero-order valence-electron chi connectivity index (χ0n) is 11.0. The largest absolute Gasteiger partial charge is 0.497 e. The maximum absolute atomic E-state index is 5.38. The Morgan fingerprint density at radius 1 is 1.22 bits per heavy atom. The van der Waals surface area contributed by atoms with E-state index in [1.165, 1.54) is 38.5 Å². The molecule has 4 rings (SSSR count). The summed E-state index contributed by atoms with van der Waals surface area (Å²) in [5, 5.41) is 0. The predicted molar refractivity (Wildman–Crippen MR) is 72.9 cm³/mol. The van der Waals surface area contributed by atoms with E-state index in [4.69, 9.17) is 4.74 Å². The highest BCUT2D eigenvalue weighted by molar-refractivity contribution is 5.40. The summed E-state index contributed by atoms with van der Waals surface area (Å²) < 4.78 is 5.38. The summed E-state index contributed by atoms with van der Waals surface area (Å²) in [6.45, 7) is 0. The molecule has 2 unspecified atom stereocenters. The third-order valence-corrected chi connectivity index (χ3v) is 5.49. The maximum Gasteiger partial charge on any atom is 0.119 e. The van der Waals surface area contributed by atoms with Gasteiger partial charge < -0.3 is 4.74 Å². The lowest BCUT2D eigenvalue weighted by molar-refractivity contribution is 0.168. The fourth-order valence-corrected chi connectivity index (χ4v) is 4.49. The first kappa shape index (κ1) is 10.7. The molecule has 1 nitrogen and oxygen atoms in total. The van der Waals surface area contributed by atoms with E-state index in [0.717, 1.165) is 11.7 Å². The number of hydrogen-bond donors (Lipinski definition) is 0. The average Bonchev–Trinajstić information content (AvgIpc) is 2.98. The van der Waals surface area contributed by atoms with Crippen LogP contribution in [0, 0.1) is 11.3 Å². The smallest absolute Gasteiger partial charge is 0.119 e. The van der Waals surface area contributed by atoms with Crippen molar-refractivity contribution in [2.45, 2.75) is 38.5 Å². The number of hydrogen-bond acceptors (Lipinski definition) is 1. The summed E-state index contributed by atoms with van der Waals surface area (Å²) in [7, 11) is 1.77. The fourth-order valence-electron chi connectivity index (χ4n) is 4.49. The molecule has 18 heavy (non-hydrogen) atoms. The molecule has 94 valence electrons. The second-order valence-corrected chi connectivity index (χ2v) is 6.35. The normalized spacial score (nSPS) is 32.5. The number of benzene rings is 1. The molecule has 1 spiro atoms. The van der Waals surface area contributed by atoms with Crippen molar-refractivity contribution < 1.29 is 4.74 Å². The van der Waals surface area contributed by atoms with Crippen molar-refractivity contribution in [1.82, 2.24) is 0 Å². The van der Waals surface area contributed by atoms with E-state index in [9.17, 15) is 0 Å². The highest BCUT2D eigenvalue weighted by Crippen LogP contribution is 2.58. The summed E-state index contributed by atoms with van der Waals surface area (Å²) in [5.74, 6) is 1.96. The number of allylic oxidation sites excluding steroid dienone is 2. The number of methoxy groups -OCH3 is 1. The molecule has 2 bridgehead atoms. The molecule has 3 aliphatic carbocycles. The summed E-state index contributed by atoms with van der Waals surface area (Å²) in [5.41, 5.74) is 5.45. The minimum atomic E-state index is 0.601. The quantitative estimate of drug-likeness (QED) is 0.676. The van der Waals surface area contributed by atoms with Crippen molar-refractivity contribution in [2.24, 2.45) is 11.3 Å². The Labute approximate surface area is 109 Å². The third-order valence-electron chi connectivity index (χ3n) is 5.49. The van der Waals surface area contributed by atoms with Gasteiger partial charge in [-0.2, -0.15) is 0 Å². The van der Waals surface area contributed by atoms with Gasteiger partial charge in [0.05, 0.1) is 7.11 Å². The molecule has 0 amide bonds. The van der Waals surface area contributed by atoms with Crippen LogP contribution < -0.4 is 4.74 Å². The molecule has 1 fully saturated rings. The summed E-state index contributed by atoms with van der Waals surface area (Å²) in [6, 6.07) is 6.66. The molecule has 2 atom stereocenters. The van der Waals surface area contributed by atoms with Gasteiger partial charge in [0.25, 0.3) is 0 Å². The summed E-state index contributed by atoms with van der Waals surface area (Å²) >= 11 is 0.